The largest absolute Gasteiger partial charge is 0.390 e. The normalized spacial score (nSPS) is 51.1. The minimum absolute atomic E-state index is 0.199. The fourth-order valence-electron chi connectivity index (χ4n) is 9.35. The van der Waals surface area contributed by atoms with Gasteiger partial charge in [-0.1, -0.05) is 53.9 Å². The maximum Gasteiger partial charge on any atom is 0.0622 e. The Hall–Kier alpha value is -0.0400. The molecule has 0 amide bonds. The first-order valence-electron chi connectivity index (χ1n) is 13.9. The first-order chi connectivity index (χ1) is 14.1. The lowest BCUT2D eigenvalue weighted by Gasteiger charge is -2.62. The van der Waals surface area contributed by atoms with E-state index in [9.17, 15) is 5.11 Å². The predicted octanol–water partition coefficient (Wildman–Crippen LogP) is 7.86. The van der Waals surface area contributed by atoms with Crippen molar-refractivity contribution in [2.24, 2.45) is 52.3 Å². The molecule has 4 aliphatic carbocycles. The van der Waals surface area contributed by atoms with Crippen molar-refractivity contribution in [3.8, 4) is 0 Å². The molecule has 0 aromatic carbocycles. The van der Waals surface area contributed by atoms with E-state index in [4.69, 9.17) is 1.37 Å². The summed E-state index contributed by atoms with van der Waals surface area (Å²) in [5.74, 6) is 6.09. The van der Waals surface area contributed by atoms with E-state index in [0.717, 1.165) is 54.8 Å². The third kappa shape index (κ3) is 3.85. The Balaban J connectivity index is 1.46. The standard InChI is InChI=1S/C28H50O/c1-19(2)8-7-9-20(3)23-12-13-24-22-11-10-21-18-26(4,29)16-17-27(21,5)25(22)14-15-28(23,24)6/h19-25,29H,7-18H2,1-6H3/t20-,21+,22+,23-,24+,25+,26-,27+,28-/m1/s1/i4D. The molecule has 0 aromatic heterocycles. The molecule has 1 heteroatoms. The Morgan fingerprint density at radius 2 is 1.66 bits per heavy atom. The van der Waals surface area contributed by atoms with Gasteiger partial charge in [0, 0.05) is 1.37 Å². The molecule has 0 unspecified atom stereocenters. The van der Waals surface area contributed by atoms with Gasteiger partial charge in [0.05, 0.1) is 5.60 Å². The van der Waals surface area contributed by atoms with Crippen LogP contribution >= 0.6 is 0 Å². The molecule has 1 N–H and O–H groups in total. The lowest BCUT2D eigenvalue weighted by molar-refractivity contribution is -0.148. The summed E-state index contributed by atoms with van der Waals surface area (Å²) in [7, 11) is 0. The molecule has 4 fully saturated rings. The van der Waals surface area contributed by atoms with E-state index in [1.54, 1.807) is 0 Å². The summed E-state index contributed by atoms with van der Waals surface area (Å²) in [6.07, 6.45) is 15.7. The van der Waals surface area contributed by atoms with Crippen molar-refractivity contribution in [1.82, 2.24) is 0 Å². The maximum atomic E-state index is 10.8. The van der Waals surface area contributed by atoms with Gasteiger partial charge in [0.15, 0.2) is 0 Å². The van der Waals surface area contributed by atoms with Crippen molar-refractivity contribution in [3.05, 3.63) is 0 Å². The molecule has 168 valence electrons. The zero-order valence-electron chi connectivity index (χ0n) is 21.2. The van der Waals surface area contributed by atoms with E-state index in [0.29, 0.717) is 16.7 Å². The van der Waals surface area contributed by atoms with Crippen LogP contribution in [0.25, 0.3) is 0 Å². The summed E-state index contributed by atoms with van der Waals surface area (Å²) in [6, 6.07) is 0. The van der Waals surface area contributed by atoms with Crippen molar-refractivity contribution in [2.75, 3.05) is 0 Å². The van der Waals surface area contributed by atoms with Crippen molar-refractivity contribution < 1.29 is 6.48 Å². The van der Waals surface area contributed by atoms with E-state index in [-0.39, 0.29) is 6.90 Å². The third-order valence-electron chi connectivity index (χ3n) is 11.0. The summed E-state index contributed by atoms with van der Waals surface area (Å²) in [4.78, 5) is 0. The topological polar surface area (TPSA) is 20.2 Å². The molecular formula is C28H50O. The molecule has 4 rings (SSSR count). The van der Waals surface area contributed by atoms with Gasteiger partial charge < -0.3 is 5.11 Å². The maximum absolute atomic E-state index is 10.8. The van der Waals surface area contributed by atoms with E-state index < -0.39 is 5.60 Å². The third-order valence-corrected chi connectivity index (χ3v) is 11.0. The molecule has 4 saturated carbocycles. The Kier molecular flexibility index (Phi) is 5.62. The molecule has 0 saturated heterocycles. The quantitative estimate of drug-likeness (QED) is 0.495. The molecule has 29 heavy (non-hydrogen) atoms. The van der Waals surface area contributed by atoms with Crippen LogP contribution in [-0.4, -0.2) is 10.7 Å². The average Bonchev–Trinajstić information content (AvgIpc) is 3.05. The van der Waals surface area contributed by atoms with Gasteiger partial charge in [0.2, 0.25) is 0 Å². The molecule has 0 bridgehead atoms. The van der Waals surface area contributed by atoms with Crippen LogP contribution < -0.4 is 0 Å². The van der Waals surface area contributed by atoms with Gasteiger partial charge in [-0.3, -0.25) is 0 Å². The highest BCUT2D eigenvalue weighted by atomic mass is 16.3. The highest BCUT2D eigenvalue weighted by Gasteiger charge is 2.61. The predicted molar refractivity (Wildman–Crippen MR) is 124 cm³/mol. The SMILES string of the molecule is [2H]C[C@@]1(O)CC[C@@]2(C)[C@@H](CC[C@@H]3[C@@H]2CC[C@]2(C)[C@@H]([C@H](C)CCCC(C)C)CC[C@@H]32)C1. The summed E-state index contributed by atoms with van der Waals surface area (Å²) >= 11 is 0. The second kappa shape index (κ2) is 7.83. The minimum Gasteiger partial charge on any atom is -0.390 e. The number of hydrogen-bond donors (Lipinski definition) is 1. The molecule has 9 atom stereocenters. The zero-order chi connectivity index (χ0) is 21.7. The second-order valence-corrected chi connectivity index (χ2v) is 13.1. The Morgan fingerprint density at radius 3 is 2.38 bits per heavy atom. The van der Waals surface area contributed by atoms with Gasteiger partial charge in [-0.2, -0.15) is 0 Å². The van der Waals surface area contributed by atoms with E-state index in [1.807, 2.05) is 0 Å². The van der Waals surface area contributed by atoms with Crippen molar-refractivity contribution in [3.63, 3.8) is 0 Å². The molecule has 0 spiro atoms. The van der Waals surface area contributed by atoms with Crippen LogP contribution in [0.3, 0.4) is 0 Å². The molecule has 0 aliphatic heterocycles. The molecule has 4 aliphatic rings. The monoisotopic (exact) mass is 403 g/mol. The number of hydrogen-bond acceptors (Lipinski definition) is 1. The first kappa shape index (κ1) is 20.8. The van der Waals surface area contributed by atoms with Gasteiger partial charge in [0.1, 0.15) is 0 Å². The van der Waals surface area contributed by atoms with Crippen LogP contribution in [-0.2, 0) is 0 Å². The first-order valence-corrected chi connectivity index (χ1v) is 13.1. The van der Waals surface area contributed by atoms with Crippen LogP contribution in [0.4, 0.5) is 0 Å². The number of aliphatic hydroxyl groups is 1. The van der Waals surface area contributed by atoms with Crippen molar-refractivity contribution in [1.29, 1.82) is 0 Å². The highest BCUT2D eigenvalue weighted by molar-refractivity contribution is 5.10. The number of fused-ring (bicyclic) bond motifs is 5. The smallest absolute Gasteiger partial charge is 0.0622 e. The Morgan fingerprint density at radius 1 is 0.897 bits per heavy atom. The summed E-state index contributed by atoms with van der Waals surface area (Å²) in [5, 5.41) is 10.8. The molecular weight excluding hydrogens is 352 g/mol. The van der Waals surface area contributed by atoms with Crippen LogP contribution in [0.15, 0.2) is 0 Å². The average molecular weight is 404 g/mol. The summed E-state index contributed by atoms with van der Waals surface area (Å²) in [5.41, 5.74) is 0.314. The highest BCUT2D eigenvalue weighted by Crippen LogP contribution is 2.68. The Bertz CT molecular complexity index is 603. The van der Waals surface area contributed by atoms with E-state index in [1.165, 1.54) is 57.8 Å². The van der Waals surface area contributed by atoms with E-state index in [2.05, 4.69) is 34.6 Å². The zero-order valence-corrected chi connectivity index (χ0v) is 20.2. The van der Waals surface area contributed by atoms with Gasteiger partial charge in [-0.25, -0.2) is 0 Å². The van der Waals surface area contributed by atoms with Crippen LogP contribution in [0.2, 0.25) is 0 Å². The second-order valence-electron chi connectivity index (χ2n) is 13.1. The number of rotatable bonds is 5. The molecule has 1 nitrogen and oxygen atoms in total. The molecule has 0 radical (unpaired) electrons. The van der Waals surface area contributed by atoms with Gasteiger partial charge in [0.25, 0.3) is 0 Å². The van der Waals surface area contributed by atoms with Crippen molar-refractivity contribution >= 4 is 0 Å². The van der Waals surface area contributed by atoms with Crippen LogP contribution in [0.1, 0.15) is 120 Å². The summed E-state index contributed by atoms with van der Waals surface area (Å²) in [6.45, 7) is 12.8. The lowest BCUT2D eigenvalue weighted by atomic mass is 9.43. The van der Waals surface area contributed by atoms with Gasteiger partial charge in [-0.15, -0.1) is 0 Å². The fourth-order valence-corrected chi connectivity index (χ4v) is 9.35. The minimum atomic E-state index is -0.690. The molecule has 0 heterocycles. The van der Waals surface area contributed by atoms with E-state index >= 15 is 0 Å². The summed E-state index contributed by atoms with van der Waals surface area (Å²) < 4.78 is 7.85. The van der Waals surface area contributed by atoms with Crippen molar-refractivity contribution in [2.45, 2.75) is 124 Å². The van der Waals surface area contributed by atoms with Gasteiger partial charge in [-0.05, 0) is 117 Å². The fraction of sp³-hybridized carbons (Fsp3) is 1.00. The lowest BCUT2D eigenvalue weighted by Crippen LogP contribution is -2.55. The Labute approximate surface area is 183 Å². The van der Waals surface area contributed by atoms with Gasteiger partial charge >= 0.3 is 0 Å². The van der Waals surface area contributed by atoms with Crippen LogP contribution in [0.5, 0.6) is 0 Å². The molecule has 0 aromatic rings. The van der Waals surface area contributed by atoms with Crippen LogP contribution in [0, 0.1) is 52.3 Å².